The van der Waals surface area contributed by atoms with Gasteiger partial charge in [-0.25, -0.2) is 0 Å². The zero-order valence-electron chi connectivity index (χ0n) is 14.7. The molecule has 1 fully saturated rings. The van der Waals surface area contributed by atoms with E-state index < -0.39 is 0 Å². The van der Waals surface area contributed by atoms with E-state index in [-0.39, 0.29) is 5.91 Å². The van der Waals surface area contributed by atoms with Gasteiger partial charge >= 0.3 is 0 Å². The Balaban J connectivity index is 1.80. The number of aromatic nitrogens is 1. The monoisotopic (exact) mass is 323 g/mol. The molecule has 1 aliphatic heterocycles. The van der Waals surface area contributed by atoms with Crippen molar-refractivity contribution < 1.29 is 4.79 Å². The summed E-state index contributed by atoms with van der Waals surface area (Å²) in [4.78, 5) is 19.0. The van der Waals surface area contributed by atoms with E-state index in [4.69, 9.17) is 0 Å². The first-order valence-electron chi connectivity index (χ1n) is 8.62. The normalized spacial score (nSPS) is 17.6. The average Bonchev–Trinajstić information content (AvgIpc) is 2.58. The van der Waals surface area contributed by atoms with E-state index >= 15 is 0 Å². The van der Waals surface area contributed by atoms with Crippen LogP contribution in [-0.2, 0) is 0 Å². The van der Waals surface area contributed by atoms with Crippen LogP contribution in [0.3, 0.4) is 0 Å². The molecule has 4 nitrogen and oxygen atoms in total. The van der Waals surface area contributed by atoms with Crippen molar-refractivity contribution in [1.29, 1.82) is 0 Å². The van der Waals surface area contributed by atoms with Crippen molar-refractivity contribution in [3.8, 4) is 0 Å². The summed E-state index contributed by atoms with van der Waals surface area (Å²) >= 11 is 0. The quantitative estimate of drug-likeness (QED) is 0.915. The fourth-order valence-electron chi connectivity index (χ4n) is 3.34. The van der Waals surface area contributed by atoms with Crippen LogP contribution in [-0.4, -0.2) is 28.9 Å². The number of pyridine rings is 1. The average molecular weight is 323 g/mol. The van der Waals surface area contributed by atoms with Gasteiger partial charge < -0.3 is 10.2 Å². The zero-order chi connectivity index (χ0) is 17.1. The summed E-state index contributed by atoms with van der Waals surface area (Å²) in [5.74, 6) is 0.658. The molecule has 1 aromatic carbocycles. The number of piperidine rings is 1. The molecule has 0 saturated carbocycles. The van der Waals surface area contributed by atoms with E-state index in [1.807, 2.05) is 17.0 Å². The van der Waals surface area contributed by atoms with Gasteiger partial charge in [-0.15, -0.1) is 0 Å². The second kappa shape index (κ2) is 7.04. The number of aryl methyl sites for hydroxylation is 2. The van der Waals surface area contributed by atoms with Crippen LogP contribution in [0.25, 0.3) is 0 Å². The van der Waals surface area contributed by atoms with Crippen LogP contribution >= 0.6 is 0 Å². The maximum Gasteiger partial charge on any atom is 0.255 e. The summed E-state index contributed by atoms with van der Waals surface area (Å²) in [5.41, 5.74) is 4.94. The van der Waals surface area contributed by atoms with E-state index in [1.165, 1.54) is 17.5 Å². The van der Waals surface area contributed by atoms with E-state index in [2.05, 4.69) is 43.2 Å². The van der Waals surface area contributed by atoms with E-state index in [9.17, 15) is 4.79 Å². The lowest BCUT2D eigenvalue weighted by Crippen LogP contribution is -2.39. The molecule has 2 aromatic rings. The summed E-state index contributed by atoms with van der Waals surface area (Å²) in [6.45, 7) is 8.04. The largest absolute Gasteiger partial charge is 0.354 e. The minimum Gasteiger partial charge on any atom is -0.354 e. The van der Waals surface area contributed by atoms with Gasteiger partial charge in [0.05, 0.1) is 17.4 Å². The molecule has 0 spiro atoms. The highest BCUT2D eigenvalue weighted by atomic mass is 16.2. The van der Waals surface area contributed by atoms with Crippen LogP contribution in [0.15, 0.2) is 36.7 Å². The van der Waals surface area contributed by atoms with Gasteiger partial charge in [0.25, 0.3) is 5.91 Å². The SMILES string of the molecule is Cc1cccc(C)c1Nc1cncc(C(=O)N2CCCC(C)C2)c1. The van der Waals surface area contributed by atoms with Crippen LogP contribution in [0.4, 0.5) is 11.4 Å². The Morgan fingerprint density at radius 3 is 2.71 bits per heavy atom. The van der Waals surface area contributed by atoms with Gasteiger partial charge in [0, 0.05) is 25.0 Å². The molecule has 0 aliphatic carbocycles. The van der Waals surface area contributed by atoms with Gasteiger partial charge in [-0.05, 0) is 49.8 Å². The number of carbonyl (C=O) groups is 1. The maximum atomic E-state index is 12.7. The molecular weight excluding hydrogens is 298 g/mol. The molecule has 1 aliphatic rings. The number of nitrogens with zero attached hydrogens (tertiary/aromatic N) is 2. The van der Waals surface area contributed by atoms with Gasteiger partial charge in [-0.3, -0.25) is 9.78 Å². The fraction of sp³-hybridized carbons (Fsp3) is 0.400. The molecule has 0 bridgehead atoms. The number of rotatable bonds is 3. The van der Waals surface area contributed by atoms with Crippen molar-refractivity contribution in [3.63, 3.8) is 0 Å². The lowest BCUT2D eigenvalue weighted by atomic mass is 10.00. The molecule has 1 aromatic heterocycles. The molecule has 1 unspecified atom stereocenters. The molecule has 2 heterocycles. The van der Waals surface area contributed by atoms with Crippen molar-refractivity contribution in [2.45, 2.75) is 33.6 Å². The lowest BCUT2D eigenvalue weighted by molar-refractivity contribution is 0.0682. The minimum atomic E-state index is 0.0826. The molecule has 1 N–H and O–H groups in total. The van der Waals surface area contributed by atoms with Crippen molar-refractivity contribution in [1.82, 2.24) is 9.88 Å². The maximum absolute atomic E-state index is 12.7. The Morgan fingerprint density at radius 1 is 1.25 bits per heavy atom. The Hall–Kier alpha value is -2.36. The molecule has 1 atom stereocenters. The number of likely N-dealkylation sites (tertiary alicyclic amines) is 1. The molecule has 3 rings (SSSR count). The van der Waals surface area contributed by atoms with Gasteiger partial charge in [0.15, 0.2) is 0 Å². The first-order valence-corrected chi connectivity index (χ1v) is 8.62. The smallest absolute Gasteiger partial charge is 0.255 e. The zero-order valence-corrected chi connectivity index (χ0v) is 14.7. The van der Waals surface area contributed by atoms with Crippen molar-refractivity contribution in [2.24, 2.45) is 5.92 Å². The molecule has 0 radical (unpaired) electrons. The number of anilines is 2. The molecule has 1 amide bonds. The van der Waals surface area contributed by atoms with E-state index in [0.29, 0.717) is 11.5 Å². The molecular formula is C20H25N3O. The first kappa shape index (κ1) is 16.5. The third kappa shape index (κ3) is 3.58. The first-order chi connectivity index (χ1) is 11.5. The second-order valence-corrected chi connectivity index (χ2v) is 6.85. The predicted octanol–water partition coefficient (Wildman–Crippen LogP) is 4.31. The number of para-hydroxylation sites is 1. The van der Waals surface area contributed by atoms with Crippen molar-refractivity contribution >= 4 is 17.3 Å². The number of nitrogens with one attached hydrogen (secondary N) is 1. The molecule has 4 heteroatoms. The third-order valence-electron chi connectivity index (χ3n) is 4.68. The lowest BCUT2D eigenvalue weighted by Gasteiger charge is -2.31. The highest BCUT2D eigenvalue weighted by molar-refractivity contribution is 5.95. The van der Waals surface area contributed by atoms with Gasteiger partial charge in [0.1, 0.15) is 0 Å². The molecule has 24 heavy (non-hydrogen) atoms. The van der Waals surface area contributed by atoms with Gasteiger partial charge in [-0.1, -0.05) is 25.1 Å². The van der Waals surface area contributed by atoms with Gasteiger partial charge in [-0.2, -0.15) is 0 Å². The summed E-state index contributed by atoms with van der Waals surface area (Å²) in [6.07, 6.45) is 5.72. The van der Waals surface area contributed by atoms with Crippen LogP contribution in [0, 0.1) is 19.8 Å². The number of hydrogen-bond acceptors (Lipinski definition) is 3. The highest BCUT2D eigenvalue weighted by Crippen LogP contribution is 2.25. The Kier molecular flexibility index (Phi) is 4.84. The molecule has 126 valence electrons. The van der Waals surface area contributed by atoms with Crippen molar-refractivity contribution in [3.05, 3.63) is 53.3 Å². The summed E-state index contributed by atoms with van der Waals surface area (Å²) in [7, 11) is 0. The van der Waals surface area contributed by atoms with Crippen LogP contribution in [0.5, 0.6) is 0 Å². The predicted molar refractivity (Wildman–Crippen MR) is 97.7 cm³/mol. The fourth-order valence-corrected chi connectivity index (χ4v) is 3.34. The van der Waals surface area contributed by atoms with Crippen LogP contribution < -0.4 is 5.32 Å². The Labute approximate surface area is 143 Å². The summed E-state index contributed by atoms with van der Waals surface area (Å²) < 4.78 is 0. The summed E-state index contributed by atoms with van der Waals surface area (Å²) in [5, 5.41) is 3.41. The topological polar surface area (TPSA) is 45.2 Å². The van der Waals surface area contributed by atoms with Crippen LogP contribution in [0.2, 0.25) is 0 Å². The summed E-state index contributed by atoms with van der Waals surface area (Å²) in [6, 6.07) is 8.10. The number of carbonyl (C=O) groups excluding carboxylic acids is 1. The van der Waals surface area contributed by atoms with Gasteiger partial charge in [0.2, 0.25) is 0 Å². The molecule has 1 saturated heterocycles. The number of benzene rings is 1. The Bertz CT molecular complexity index is 721. The van der Waals surface area contributed by atoms with E-state index in [0.717, 1.165) is 30.9 Å². The standard InChI is InChI=1S/C20H25N3O/c1-14-6-5-9-23(13-14)20(24)17-10-18(12-21-11-17)22-19-15(2)7-4-8-16(19)3/h4,7-8,10-12,14,22H,5-6,9,13H2,1-3H3. The van der Waals surface area contributed by atoms with Crippen LogP contribution in [0.1, 0.15) is 41.3 Å². The minimum absolute atomic E-state index is 0.0826. The highest BCUT2D eigenvalue weighted by Gasteiger charge is 2.22. The second-order valence-electron chi connectivity index (χ2n) is 6.85. The third-order valence-corrected chi connectivity index (χ3v) is 4.68. The number of hydrogen-bond donors (Lipinski definition) is 1. The van der Waals surface area contributed by atoms with Crippen molar-refractivity contribution in [2.75, 3.05) is 18.4 Å². The Morgan fingerprint density at radius 2 is 2.00 bits per heavy atom. The van der Waals surface area contributed by atoms with E-state index in [1.54, 1.807) is 12.4 Å². The number of amides is 1.